The quantitative estimate of drug-likeness (QED) is 0.747. The molecule has 146 valence electrons. The first-order valence-electron chi connectivity index (χ1n) is 9.52. The van der Waals surface area contributed by atoms with Crippen LogP contribution in [-0.4, -0.2) is 42.1 Å². The smallest absolute Gasteiger partial charge is 0.246 e. The fourth-order valence-electron chi connectivity index (χ4n) is 3.44. The van der Waals surface area contributed by atoms with Gasteiger partial charge in [0.25, 0.3) is 0 Å². The predicted molar refractivity (Wildman–Crippen MR) is 104 cm³/mol. The summed E-state index contributed by atoms with van der Waals surface area (Å²) in [5.74, 6) is 0.00827. The van der Waals surface area contributed by atoms with E-state index in [-0.39, 0.29) is 5.91 Å². The zero-order valence-electron chi connectivity index (χ0n) is 16.0. The monoisotopic (exact) mass is 380 g/mol. The Morgan fingerprint density at radius 3 is 3.00 bits per heavy atom. The van der Waals surface area contributed by atoms with Gasteiger partial charge in [-0.2, -0.15) is 0 Å². The maximum atomic E-state index is 12.4. The van der Waals surface area contributed by atoms with Gasteiger partial charge in [0, 0.05) is 30.9 Å². The van der Waals surface area contributed by atoms with Crippen LogP contribution in [0.25, 0.3) is 6.08 Å². The summed E-state index contributed by atoms with van der Waals surface area (Å²) in [7, 11) is 0. The second-order valence-electron chi connectivity index (χ2n) is 6.92. The lowest BCUT2D eigenvalue weighted by molar-refractivity contribution is -0.147. The summed E-state index contributed by atoms with van der Waals surface area (Å²) in [5.41, 5.74) is 5.03. The van der Waals surface area contributed by atoms with Crippen LogP contribution >= 0.6 is 0 Å². The van der Waals surface area contributed by atoms with Gasteiger partial charge in [-0.15, -0.1) is 0 Å². The van der Waals surface area contributed by atoms with Crippen molar-refractivity contribution in [2.45, 2.75) is 26.4 Å². The van der Waals surface area contributed by atoms with Crippen molar-refractivity contribution >= 4 is 12.0 Å². The number of hydrogen-bond donors (Lipinski definition) is 0. The summed E-state index contributed by atoms with van der Waals surface area (Å²) in [6, 6.07) is 9.93. The van der Waals surface area contributed by atoms with Gasteiger partial charge in [0.15, 0.2) is 0 Å². The Hall–Kier alpha value is -2.54. The highest BCUT2D eigenvalue weighted by molar-refractivity contribution is 5.92. The molecule has 1 unspecified atom stereocenters. The summed E-state index contributed by atoms with van der Waals surface area (Å²) >= 11 is 0. The summed E-state index contributed by atoms with van der Waals surface area (Å²) in [5, 5.41) is 0. The van der Waals surface area contributed by atoms with Gasteiger partial charge in [-0.05, 0) is 35.8 Å². The Labute approximate surface area is 164 Å². The van der Waals surface area contributed by atoms with Crippen LogP contribution in [0.15, 0.2) is 42.6 Å². The molecule has 1 amide bonds. The predicted octanol–water partition coefficient (Wildman–Crippen LogP) is 3.01. The Bertz CT molecular complexity index is 875. The number of aryl methyl sites for hydroxylation is 1. The molecule has 0 radical (unpaired) electrons. The van der Waals surface area contributed by atoms with E-state index in [1.807, 2.05) is 43.3 Å². The summed E-state index contributed by atoms with van der Waals surface area (Å²) in [6.07, 6.45) is 4.79. The lowest BCUT2D eigenvalue weighted by Crippen LogP contribution is -2.39. The third-order valence-electron chi connectivity index (χ3n) is 5.09. The number of hydrogen-bond acceptors (Lipinski definition) is 5. The molecule has 0 aliphatic carbocycles. The van der Waals surface area contributed by atoms with E-state index in [0.717, 1.165) is 27.9 Å². The number of ether oxygens (including phenoxy) is 3. The van der Waals surface area contributed by atoms with E-state index >= 15 is 0 Å². The number of carbonyl (C=O) groups is 1. The lowest BCUT2D eigenvalue weighted by Gasteiger charge is -2.25. The van der Waals surface area contributed by atoms with Gasteiger partial charge in [-0.25, -0.2) is 0 Å². The Balaban J connectivity index is 1.46. The molecule has 2 aliphatic heterocycles. The molecule has 4 rings (SSSR count). The normalized spacial score (nSPS) is 19.2. The van der Waals surface area contributed by atoms with Gasteiger partial charge < -0.3 is 19.1 Å². The van der Waals surface area contributed by atoms with Gasteiger partial charge in [0.1, 0.15) is 5.69 Å². The van der Waals surface area contributed by atoms with E-state index in [2.05, 4.69) is 4.98 Å². The highest BCUT2D eigenvalue weighted by Crippen LogP contribution is 2.31. The van der Waals surface area contributed by atoms with Gasteiger partial charge in [0.2, 0.25) is 12.2 Å². The average Bonchev–Trinajstić information content (AvgIpc) is 3.15. The first-order chi connectivity index (χ1) is 13.7. The topological polar surface area (TPSA) is 60.9 Å². The van der Waals surface area contributed by atoms with E-state index in [1.165, 1.54) is 0 Å². The minimum atomic E-state index is -0.456. The van der Waals surface area contributed by atoms with Crippen LogP contribution in [0.3, 0.4) is 0 Å². The van der Waals surface area contributed by atoms with Crippen molar-refractivity contribution in [2.75, 3.05) is 26.3 Å². The Morgan fingerprint density at radius 1 is 1.29 bits per heavy atom. The maximum Gasteiger partial charge on any atom is 0.246 e. The molecule has 1 aromatic heterocycles. The minimum Gasteiger partial charge on any atom is -0.378 e. The molecule has 28 heavy (non-hydrogen) atoms. The van der Waals surface area contributed by atoms with Crippen molar-refractivity contribution in [3.05, 3.63) is 70.6 Å². The van der Waals surface area contributed by atoms with E-state index in [1.54, 1.807) is 17.2 Å². The molecular formula is C22H24N2O4. The highest BCUT2D eigenvalue weighted by Gasteiger charge is 2.25. The molecule has 6 heteroatoms. The Morgan fingerprint density at radius 2 is 2.14 bits per heavy atom. The molecule has 2 aliphatic rings. The highest BCUT2D eigenvalue weighted by atomic mass is 16.7. The molecule has 0 saturated carbocycles. The van der Waals surface area contributed by atoms with Crippen molar-refractivity contribution in [3.63, 3.8) is 0 Å². The van der Waals surface area contributed by atoms with Crippen LogP contribution in [0.4, 0.5) is 0 Å². The number of amides is 1. The summed E-state index contributed by atoms with van der Waals surface area (Å²) < 4.78 is 17.1. The summed E-state index contributed by atoms with van der Waals surface area (Å²) in [6.45, 7) is 5.42. The molecule has 0 N–H and O–H groups in total. The third-order valence-corrected chi connectivity index (χ3v) is 5.09. The molecule has 1 atom stereocenters. The van der Waals surface area contributed by atoms with Crippen molar-refractivity contribution in [1.82, 2.24) is 9.88 Å². The van der Waals surface area contributed by atoms with Gasteiger partial charge >= 0.3 is 0 Å². The number of rotatable bonds is 5. The SMILES string of the molecule is Cc1cccc(/C=C/C(=O)N2CCOCC2)c1COC1OCc2cccnc21. The maximum absolute atomic E-state index is 12.4. The molecule has 6 nitrogen and oxygen atoms in total. The zero-order valence-corrected chi connectivity index (χ0v) is 16.0. The molecule has 0 bridgehead atoms. The molecule has 1 aromatic carbocycles. The standard InChI is InChI=1S/C22H24N2O4/c1-16-4-2-5-17(7-8-20(25)24-10-12-26-13-11-24)19(16)15-28-22-21-18(14-27-22)6-3-9-23-21/h2-9,22H,10-15H2,1H3/b8-7+. The number of pyridine rings is 1. The van der Waals surface area contributed by atoms with Gasteiger partial charge in [-0.1, -0.05) is 24.3 Å². The number of morpholine rings is 1. The van der Waals surface area contributed by atoms with Crippen molar-refractivity contribution in [3.8, 4) is 0 Å². The molecule has 3 heterocycles. The van der Waals surface area contributed by atoms with Crippen LogP contribution < -0.4 is 0 Å². The second kappa shape index (κ2) is 8.65. The van der Waals surface area contributed by atoms with Crippen LogP contribution in [-0.2, 0) is 32.2 Å². The lowest BCUT2D eigenvalue weighted by atomic mass is 10.0. The largest absolute Gasteiger partial charge is 0.378 e. The summed E-state index contributed by atoms with van der Waals surface area (Å²) in [4.78, 5) is 18.6. The average molecular weight is 380 g/mol. The van der Waals surface area contributed by atoms with E-state index < -0.39 is 6.29 Å². The number of benzene rings is 1. The third kappa shape index (κ3) is 4.14. The molecule has 1 fully saturated rings. The Kier molecular flexibility index (Phi) is 5.81. The second-order valence-corrected chi connectivity index (χ2v) is 6.92. The number of nitrogens with zero attached hydrogens (tertiary/aromatic N) is 2. The first-order valence-corrected chi connectivity index (χ1v) is 9.52. The fourth-order valence-corrected chi connectivity index (χ4v) is 3.44. The molecular weight excluding hydrogens is 356 g/mol. The molecule has 0 spiro atoms. The van der Waals surface area contributed by atoms with Crippen LogP contribution in [0.1, 0.15) is 34.2 Å². The van der Waals surface area contributed by atoms with Gasteiger partial charge in [0.05, 0.1) is 26.4 Å². The van der Waals surface area contributed by atoms with Crippen LogP contribution in [0.2, 0.25) is 0 Å². The van der Waals surface area contributed by atoms with E-state index in [4.69, 9.17) is 14.2 Å². The van der Waals surface area contributed by atoms with E-state index in [9.17, 15) is 4.79 Å². The number of aromatic nitrogens is 1. The molecule has 2 aromatic rings. The van der Waals surface area contributed by atoms with Crippen molar-refractivity contribution in [1.29, 1.82) is 0 Å². The van der Waals surface area contributed by atoms with Crippen molar-refractivity contribution in [2.24, 2.45) is 0 Å². The molecule has 1 saturated heterocycles. The zero-order chi connectivity index (χ0) is 19.3. The van der Waals surface area contributed by atoms with Gasteiger partial charge in [-0.3, -0.25) is 9.78 Å². The van der Waals surface area contributed by atoms with Crippen LogP contribution in [0, 0.1) is 6.92 Å². The van der Waals surface area contributed by atoms with E-state index in [0.29, 0.717) is 39.5 Å². The fraction of sp³-hybridized carbons (Fsp3) is 0.364. The first kappa shape index (κ1) is 18.8. The minimum absolute atomic E-state index is 0.00827. The van der Waals surface area contributed by atoms with Crippen molar-refractivity contribution < 1.29 is 19.0 Å². The van der Waals surface area contributed by atoms with Crippen LogP contribution in [0.5, 0.6) is 0 Å². The number of fused-ring (bicyclic) bond motifs is 1. The number of carbonyl (C=O) groups excluding carboxylic acids is 1.